The molecule has 0 saturated carbocycles. The third-order valence-corrected chi connectivity index (χ3v) is 3.80. The lowest BCUT2D eigenvalue weighted by atomic mass is 10.1. The Kier molecular flexibility index (Phi) is 4.33. The molecule has 0 atom stereocenters. The Hall–Kier alpha value is -2.27. The predicted molar refractivity (Wildman–Crippen MR) is 84.2 cm³/mol. The average molecular weight is 288 g/mol. The SMILES string of the molecule is COc1ccc(-c2cc3n(c(=O)c2)CCCN3C)cc1.O. The van der Waals surface area contributed by atoms with Crippen molar-refractivity contribution in [1.82, 2.24) is 4.57 Å². The Morgan fingerprint density at radius 3 is 2.43 bits per heavy atom. The van der Waals surface area contributed by atoms with Gasteiger partial charge in [0.15, 0.2) is 0 Å². The maximum Gasteiger partial charge on any atom is 0.252 e. The second-order valence-electron chi connectivity index (χ2n) is 5.10. The van der Waals surface area contributed by atoms with Gasteiger partial charge in [-0.2, -0.15) is 0 Å². The third kappa shape index (κ3) is 2.78. The van der Waals surface area contributed by atoms with Gasteiger partial charge >= 0.3 is 0 Å². The van der Waals surface area contributed by atoms with Gasteiger partial charge in [0.2, 0.25) is 0 Å². The van der Waals surface area contributed by atoms with E-state index in [2.05, 4.69) is 11.0 Å². The summed E-state index contributed by atoms with van der Waals surface area (Å²) in [6.07, 6.45) is 1.02. The summed E-state index contributed by atoms with van der Waals surface area (Å²) in [5.74, 6) is 1.81. The van der Waals surface area contributed by atoms with E-state index in [1.165, 1.54) is 0 Å². The molecule has 0 spiro atoms. The van der Waals surface area contributed by atoms with E-state index in [1.54, 1.807) is 13.2 Å². The number of pyridine rings is 1. The summed E-state index contributed by atoms with van der Waals surface area (Å²) in [6.45, 7) is 1.80. The fourth-order valence-corrected chi connectivity index (χ4v) is 2.65. The zero-order valence-corrected chi connectivity index (χ0v) is 12.3. The van der Waals surface area contributed by atoms with Crippen LogP contribution in [0.25, 0.3) is 11.1 Å². The second kappa shape index (κ2) is 6.01. The summed E-state index contributed by atoms with van der Waals surface area (Å²) in [5.41, 5.74) is 2.06. The minimum absolute atomic E-state index is 0. The topological polar surface area (TPSA) is 66.0 Å². The highest BCUT2D eigenvalue weighted by molar-refractivity contribution is 5.67. The van der Waals surface area contributed by atoms with Crippen LogP contribution in [0.15, 0.2) is 41.2 Å². The Labute approximate surface area is 123 Å². The highest BCUT2D eigenvalue weighted by Crippen LogP contribution is 2.26. The van der Waals surface area contributed by atoms with E-state index in [9.17, 15) is 4.79 Å². The zero-order valence-electron chi connectivity index (χ0n) is 12.3. The molecule has 5 heteroatoms. The Balaban J connectivity index is 0.00000161. The molecule has 2 N–H and O–H groups in total. The Morgan fingerprint density at radius 2 is 1.76 bits per heavy atom. The highest BCUT2D eigenvalue weighted by Gasteiger charge is 2.15. The van der Waals surface area contributed by atoms with Gasteiger partial charge < -0.3 is 15.1 Å². The van der Waals surface area contributed by atoms with Crippen molar-refractivity contribution in [2.24, 2.45) is 0 Å². The number of benzene rings is 1. The van der Waals surface area contributed by atoms with Gasteiger partial charge in [0.05, 0.1) is 7.11 Å². The summed E-state index contributed by atoms with van der Waals surface area (Å²) in [7, 11) is 3.68. The fraction of sp³-hybridized carbons (Fsp3) is 0.312. The molecule has 1 aromatic heterocycles. The van der Waals surface area contributed by atoms with Crippen LogP contribution in [0.3, 0.4) is 0 Å². The van der Waals surface area contributed by atoms with Gasteiger partial charge in [0, 0.05) is 26.2 Å². The predicted octanol–water partition coefficient (Wildman–Crippen LogP) is 1.54. The van der Waals surface area contributed by atoms with Crippen LogP contribution < -0.4 is 15.2 Å². The molecule has 1 aromatic carbocycles. The zero-order chi connectivity index (χ0) is 14.1. The van der Waals surface area contributed by atoms with Crippen molar-refractivity contribution in [1.29, 1.82) is 0 Å². The fourth-order valence-electron chi connectivity index (χ4n) is 2.65. The van der Waals surface area contributed by atoms with Crippen LogP contribution >= 0.6 is 0 Å². The summed E-state index contributed by atoms with van der Waals surface area (Å²) in [5, 5.41) is 0. The second-order valence-corrected chi connectivity index (χ2v) is 5.10. The minimum atomic E-state index is 0. The maximum atomic E-state index is 12.2. The number of hydrogen-bond donors (Lipinski definition) is 0. The molecule has 21 heavy (non-hydrogen) atoms. The largest absolute Gasteiger partial charge is 0.497 e. The van der Waals surface area contributed by atoms with Crippen LogP contribution in [0.5, 0.6) is 5.75 Å². The standard InChI is InChI=1S/C16H18N2O2.H2O/c1-17-8-3-9-18-15(17)10-13(11-16(18)19)12-4-6-14(20-2)7-5-12;/h4-7,10-11H,3,8-9H2,1-2H3;1H2. The van der Waals surface area contributed by atoms with Crippen molar-refractivity contribution in [2.75, 3.05) is 25.6 Å². The lowest BCUT2D eigenvalue weighted by Crippen LogP contribution is -2.34. The first kappa shape index (κ1) is 15.1. The van der Waals surface area contributed by atoms with Crippen LogP contribution in [0, 0.1) is 0 Å². The van der Waals surface area contributed by atoms with Crippen molar-refractivity contribution >= 4 is 5.82 Å². The normalized spacial score (nSPS) is 13.3. The monoisotopic (exact) mass is 288 g/mol. The highest BCUT2D eigenvalue weighted by atomic mass is 16.5. The van der Waals surface area contributed by atoms with Gasteiger partial charge in [-0.25, -0.2) is 0 Å². The van der Waals surface area contributed by atoms with E-state index in [-0.39, 0.29) is 11.0 Å². The van der Waals surface area contributed by atoms with E-state index >= 15 is 0 Å². The number of methoxy groups -OCH3 is 1. The van der Waals surface area contributed by atoms with Crippen molar-refractivity contribution in [3.8, 4) is 16.9 Å². The van der Waals surface area contributed by atoms with Gasteiger partial charge in [-0.1, -0.05) is 12.1 Å². The number of fused-ring (bicyclic) bond motifs is 1. The van der Waals surface area contributed by atoms with Gasteiger partial charge in [-0.3, -0.25) is 9.36 Å². The van der Waals surface area contributed by atoms with Crippen LogP contribution in [0.4, 0.5) is 5.82 Å². The molecular weight excluding hydrogens is 268 g/mol. The summed E-state index contributed by atoms with van der Waals surface area (Å²) < 4.78 is 7.01. The lowest BCUT2D eigenvalue weighted by molar-refractivity contribution is 0.415. The average Bonchev–Trinajstić information content (AvgIpc) is 2.48. The summed E-state index contributed by atoms with van der Waals surface area (Å²) in [6, 6.07) is 11.6. The molecule has 1 aliphatic rings. The first-order chi connectivity index (χ1) is 9.69. The number of aromatic nitrogens is 1. The lowest BCUT2D eigenvalue weighted by Gasteiger charge is -2.29. The number of anilines is 1. The van der Waals surface area contributed by atoms with Gasteiger partial charge in [-0.15, -0.1) is 0 Å². The summed E-state index contributed by atoms with van der Waals surface area (Å²) in [4.78, 5) is 14.4. The molecule has 0 amide bonds. The number of rotatable bonds is 2. The van der Waals surface area contributed by atoms with E-state index in [0.29, 0.717) is 0 Å². The molecule has 0 unspecified atom stereocenters. The van der Waals surface area contributed by atoms with Crippen molar-refractivity contribution < 1.29 is 10.2 Å². The van der Waals surface area contributed by atoms with Crippen LogP contribution in [0.1, 0.15) is 6.42 Å². The van der Waals surface area contributed by atoms with Gasteiger partial charge in [-0.05, 0) is 35.7 Å². The van der Waals surface area contributed by atoms with Crippen molar-refractivity contribution in [3.63, 3.8) is 0 Å². The van der Waals surface area contributed by atoms with E-state index < -0.39 is 0 Å². The van der Waals surface area contributed by atoms with Gasteiger partial charge in [0.25, 0.3) is 5.56 Å². The van der Waals surface area contributed by atoms with Gasteiger partial charge in [0.1, 0.15) is 11.6 Å². The van der Waals surface area contributed by atoms with E-state index in [0.717, 1.165) is 42.2 Å². The molecule has 112 valence electrons. The smallest absolute Gasteiger partial charge is 0.252 e. The molecule has 5 nitrogen and oxygen atoms in total. The number of ether oxygens (including phenoxy) is 1. The van der Waals surface area contributed by atoms with Crippen molar-refractivity contribution in [2.45, 2.75) is 13.0 Å². The number of hydrogen-bond acceptors (Lipinski definition) is 3. The van der Waals surface area contributed by atoms with Crippen LogP contribution in [0.2, 0.25) is 0 Å². The molecule has 0 fully saturated rings. The molecule has 0 saturated heterocycles. The molecular formula is C16H20N2O3. The quantitative estimate of drug-likeness (QED) is 0.842. The third-order valence-electron chi connectivity index (χ3n) is 3.80. The number of nitrogens with zero attached hydrogens (tertiary/aromatic N) is 2. The molecule has 0 radical (unpaired) electrons. The van der Waals surface area contributed by atoms with Crippen LogP contribution in [-0.2, 0) is 6.54 Å². The molecule has 1 aliphatic heterocycles. The minimum Gasteiger partial charge on any atom is -0.497 e. The molecule has 0 bridgehead atoms. The van der Waals surface area contributed by atoms with Crippen molar-refractivity contribution in [3.05, 3.63) is 46.8 Å². The maximum absolute atomic E-state index is 12.2. The molecule has 0 aliphatic carbocycles. The molecule has 3 rings (SSSR count). The van der Waals surface area contributed by atoms with Crippen LogP contribution in [-0.4, -0.2) is 30.7 Å². The first-order valence-corrected chi connectivity index (χ1v) is 6.79. The Bertz CT molecular complexity index is 677. The van der Waals surface area contributed by atoms with E-state index in [1.807, 2.05) is 35.9 Å². The Morgan fingerprint density at radius 1 is 1.05 bits per heavy atom. The summed E-state index contributed by atoms with van der Waals surface area (Å²) >= 11 is 0. The van der Waals surface area contributed by atoms with E-state index in [4.69, 9.17) is 4.74 Å². The first-order valence-electron chi connectivity index (χ1n) is 6.79. The molecule has 2 aromatic rings. The molecule has 2 heterocycles.